The Balaban J connectivity index is 1.68. The summed E-state index contributed by atoms with van der Waals surface area (Å²) in [5, 5.41) is 0. The molecule has 0 aliphatic heterocycles. The van der Waals surface area contributed by atoms with Crippen molar-refractivity contribution in [3.05, 3.63) is 5.92 Å². The van der Waals surface area contributed by atoms with Crippen LogP contribution in [0.3, 0.4) is 0 Å². The van der Waals surface area contributed by atoms with Crippen molar-refractivity contribution in [1.82, 2.24) is 0 Å². The molecule has 4 aliphatic carbocycles. The second-order valence-corrected chi connectivity index (χ2v) is 8.44. The van der Waals surface area contributed by atoms with Crippen LogP contribution in [-0.4, -0.2) is 0 Å². The van der Waals surface area contributed by atoms with Gasteiger partial charge < -0.3 is 0 Å². The zero-order valence-corrected chi connectivity index (χ0v) is 13.4. The van der Waals surface area contributed by atoms with Crippen molar-refractivity contribution < 1.29 is 0 Å². The summed E-state index contributed by atoms with van der Waals surface area (Å²) in [4.78, 5) is 0. The molecule has 0 amide bonds. The van der Waals surface area contributed by atoms with E-state index < -0.39 is 0 Å². The van der Waals surface area contributed by atoms with Crippen LogP contribution in [0.25, 0.3) is 0 Å². The molecule has 0 nitrogen and oxygen atoms in total. The number of rotatable bonds is 3. The summed E-state index contributed by atoms with van der Waals surface area (Å²) in [6.45, 7) is 0. The summed E-state index contributed by atoms with van der Waals surface area (Å²) in [7, 11) is 0. The van der Waals surface area contributed by atoms with Gasteiger partial charge in [0.2, 0.25) is 0 Å². The van der Waals surface area contributed by atoms with Crippen LogP contribution >= 0.6 is 0 Å². The fourth-order valence-electron chi connectivity index (χ4n) is 6.95. The molecular weight excluding hydrogens is 240 g/mol. The van der Waals surface area contributed by atoms with Crippen LogP contribution < -0.4 is 0 Å². The first-order valence-corrected chi connectivity index (χ1v) is 9.73. The zero-order valence-electron chi connectivity index (χ0n) is 13.4. The maximum atomic E-state index is 2.07. The average molecular weight is 273 g/mol. The topological polar surface area (TPSA) is 0 Å². The molecule has 4 aliphatic rings. The fourth-order valence-corrected chi connectivity index (χ4v) is 6.95. The Labute approximate surface area is 126 Å². The molecule has 0 N–H and O–H groups in total. The molecule has 113 valence electrons. The van der Waals surface area contributed by atoms with Crippen LogP contribution in [0.5, 0.6) is 0 Å². The third-order valence-electron chi connectivity index (χ3n) is 7.93. The predicted octanol–water partition coefficient (Wildman–Crippen LogP) is 6.45. The fraction of sp³-hybridized carbons (Fsp3) is 0.950. The lowest BCUT2D eigenvalue weighted by Gasteiger charge is -2.63. The molecule has 0 heteroatoms. The van der Waals surface area contributed by atoms with E-state index in [9.17, 15) is 0 Å². The van der Waals surface area contributed by atoms with Crippen LogP contribution in [0.1, 0.15) is 103 Å². The third kappa shape index (κ3) is 1.85. The Morgan fingerprint density at radius 1 is 0.600 bits per heavy atom. The second-order valence-electron chi connectivity index (χ2n) is 8.44. The number of hydrogen-bond acceptors (Lipinski definition) is 0. The molecule has 0 unspecified atom stereocenters. The smallest absolute Gasteiger partial charge is 0.0174 e. The van der Waals surface area contributed by atoms with Gasteiger partial charge in [-0.25, -0.2) is 0 Å². The lowest BCUT2D eigenvalue weighted by Crippen LogP contribution is -2.54. The summed E-state index contributed by atoms with van der Waals surface area (Å²) >= 11 is 0. The molecule has 0 aromatic carbocycles. The van der Waals surface area contributed by atoms with Crippen LogP contribution in [0.4, 0.5) is 0 Å². The lowest BCUT2D eigenvalue weighted by molar-refractivity contribution is -0.103. The Bertz CT molecular complexity index is 320. The molecule has 1 radical (unpaired) electrons. The first-order chi connectivity index (χ1) is 9.87. The highest BCUT2D eigenvalue weighted by Crippen LogP contribution is 2.71. The Morgan fingerprint density at radius 3 is 1.80 bits per heavy atom. The van der Waals surface area contributed by atoms with E-state index in [0.29, 0.717) is 0 Å². The van der Waals surface area contributed by atoms with Crippen molar-refractivity contribution in [2.45, 2.75) is 103 Å². The highest BCUT2D eigenvalue weighted by Gasteiger charge is 2.61. The van der Waals surface area contributed by atoms with E-state index in [1.807, 2.05) is 0 Å². The SMILES string of the molecule is C1CCC([C]2CCCC2)(C2(C3CCCC3)CCC2)CC1. The molecule has 0 bridgehead atoms. The molecule has 0 atom stereocenters. The predicted molar refractivity (Wildman–Crippen MR) is 85.5 cm³/mol. The number of hydrogen-bond donors (Lipinski definition) is 0. The van der Waals surface area contributed by atoms with Gasteiger partial charge >= 0.3 is 0 Å². The molecular formula is C20H33. The highest BCUT2D eigenvalue weighted by molar-refractivity contribution is 5.21. The normalized spacial score (nSPS) is 34.2. The minimum atomic E-state index is 0.731. The molecule has 0 saturated heterocycles. The first-order valence-electron chi connectivity index (χ1n) is 9.73. The summed E-state index contributed by atoms with van der Waals surface area (Å²) in [5.41, 5.74) is 1.53. The van der Waals surface area contributed by atoms with Gasteiger partial charge in [-0.15, -0.1) is 0 Å². The van der Waals surface area contributed by atoms with E-state index in [1.54, 1.807) is 44.9 Å². The maximum absolute atomic E-state index is 2.07. The quantitative estimate of drug-likeness (QED) is 0.554. The largest absolute Gasteiger partial charge is 0.0533 e. The van der Waals surface area contributed by atoms with E-state index in [1.165, 1.54) is 57.8 Å². The van der Waals surface area contributed by atoms with E-state index >= 15 is 0 Å². The van der Waals surface area contributed by atoms with Gasteiger partial charge in [-0.1, -0.05) is 51.4 Å². The molecule has 0 heterocycles. The zero-order chi connectivity index (χ0) is 13.5. The van der Waals surface area contributed by atoms with Gasteiger partial charge in [0, 0.05) is 0 Å². The van der Waals surface area contributed by atoms with E-state index in [2.05, 4.69) is 5.92 Å². The Morgan fingerprint density at radius 2 is 1.25 bits per heavy atom. The van der Waals surface area contributed by atoms with Crippen molar-refractivity contribution >= 4 is 0 Å². The lowest BCUT2D eigenvalue weighted by atomic mass is 9.41. The molecule has 4 saturated carbocycles. The molecule has 20 heavy (non-hydrogen) atoms. The summed E-state index contributed by atoms with van der Waals surface area (Å²) < 4.78 is 0. The standard InChI is InChI=1S/C20H33/c1-6-13-19(14-7-1,17-9-2-3-10-17)20(15-8-16-20)18-11-4-5-12-18/h18H,1-16H2. The molecule has 4 fully saturated rings. The average Bonchev–Trinajstić information content (AvgIpc) is 3.12. The van der Waals surface area contributed by atoms with E-state index in [0.717, 1.165) is 16.7 Å². The summed E-state index contributed by atoms with van der Waals surface area (Å²) in [6, 6.07) is 0. The maximum Gasteiger partial charge on any atom is -0.0174 e. The van der Waals surface area contributed by atoms with Crippen LogP contribution in [-0.2, 0) is 0 Å². The first kappa shape index (κ1) is 13.6. The Hall–Kier alpha value is 0. The van der Waals surface area contributed by atoms with Crippen molar-refractivity contribution in [2.75, 3.05) is 0 Å². The van der Waals surface area contributed by atoms with Crippen molar-refractivity contribution in [1.29, 1.82) is 0 Å². The summed E-state index contributed by atoms with van der Waals surface area (Å²) in [6.07, 6.45) is 24.8. The van der Waals surface area contributed by atoms with Crippen molar-refractivity contribution in [3.8, 4) is 0 Å². The van der Waals surface area contributed by atoms with Gasteiger partial charge in [0.25, 0.3) is 0 Å². The third-order valence-corrected chi connectivity index (χ3v) is 7.93. The minimum absolute atomic E-state index is 0.731. The molecule has 0 spiro atoms. The Kier molecular flexibility index (Phi) is 3.63. The molecule has 0 aromatic heterocycles. The van der Waals surface area contributed by atoms with E-state index in [4.69, 9.17) is 0 Å². The van der Waals surface area contributed by atoms with Gasteiger partial charge in [0.15, 0.2) is 0 Å². The second kappa shape index (κ2) is 5.33. The highest BCUT2D eigenvalue weighted by atomic mass is 14.6. The van der Waals surface area contributed by atoms with Gasteiger partial charge in [0.1, 0.15) is 0 Å². The van der Waals surface area contributed by atoms with Gasteiger partial charge in [-0.05, 0) is 74.0 Å². The molecule has 4 rings (SSSR count). The monoisotopic (exact) mass is 273 g/mol. The van der Waals surface area contributed by atoms with Crippen LogP contribution in [0, 0.1) is 22.7 Å². The van der Waals surface area contributed by atoms with Crippen LogP contribution in [0.15, 0.2) is 0 Å². The van der Waals surface area contributed by atoms with Gasteiger partial charge in [-0.3, -0.25) is 0 Å². The van der Waals surface area contributed by atoms with Crippen molar-refractivity contribution in [2.24, 2.45) is 16.7 Å². The van der Waals surface area contributed by atoms with Crippen LogP contribution in [0.2, 0.25) is 0 Å². The minimum Gasteiger partial charge on any atom is -0.0533 e. The van der Waals surface area contributed by atoms with Gasteiger partial charge in [0.05, 0.1) is 0 Å². The van der Waals surface area contributed by atoms with E-state index in [-0.39, 0.29) is 0 Å². The van der Waals surface area contributed by atoms with Crippen molar-refractivity contribution in [3.63, 3.8) is 0 Å². The molecule has 0 aromatic rings. The van der Waals surface area contributed by atoms with Gasteiger partial charge in [-0.2, -0.15) is 0 Å². The summed E-state index contributed by atoms with van der Waals surface area (Å²) in [5.74, 6) is 3.19.